The Morgan fingerprint density at radius 3 is 1.24 bits per heavy atom. The van der Waals surface area contributed by atoms with Crippen LogP contribution in [0.4, 0.5) is 0 Å². The number of unbranched alkanes of at least 4 members (excludes halogenated alkanes) is 28. The van der Waals surface area contributed by atoms with Crippen LogP contribution >= 0.6 is 0 Å². The van der Waals surface area contributed by atoms with Crippen molar-refractivity contribution in [3.8, 4) is 0 Å². The molecule has 302 valence electrons. The molecule has 51 heavy (non-hydrogen) atoms. The van der Waals surface area contributed by atoms with Crippen LogP contribution in [0.5, 0.6) is 0 Å². The molecule has 0 radical (unpaired) electrons. The molecule has 0 aliphatic rings. The molecule has 3 atom stereocenters. The molecule has 0 aromatic carbocycles. The molecule has 0 saturated carbocycles. The first kappa shape index (κ1) is 49.8. The molecule has 0 heterocycles. The van der Waals surface area contributed by atoms with Crippen molar-refractivity contribution in [1.29, 1.82) is 0 Å². The number of hydrogen-bond acceptors (Lipinski definition) is 4. The van der Waals surface area contributed by atoms with E-state index in [2.05, 4.69) is 43.5 Å². The maximum Gasteiger partial charge on any atom is 0.222 e. The lowest BCUT2D eigenvalue weighted by Crippen LogP contribution is -2.46. The van der Waals surface area contributed by atoms with Gasteiger partial charge in [0, 0.05) is 0 Å². The monoisotopic (exact) mass is 720 g/mol. The van der Waals surface area contributed by atoms with Crippen LogP contribution in [0.25, 0.3) is 0 Å². The Morgan fingerprint density at radius 1 is 0.490 bits per heavy atom. The predicted molar refractivity (Wildman–Crippen MR) is 222 cm³/mol. The lowest BCUT2D eigenvalue weighted by atomic mass is 10.0. The van der Waals surface area contributed by atoms with Crippen molar-refractivity contribution < 1.29 is 20.1 Å². The molecule has 0 fully saturated rings. The van der Waals surface area contributed by atoms with E-state index in [0.29, 0.717) is 12.8 Å². The SMILES string of the molecule is CCCCCCCCCCC/C=C\C/C=C\CCCCCCCCCC(O)CC(=O)NC(CO)C(O)CCCCCCCCCCCCCCC. The second kappa shape index (κ2) is 41.6. The third kappa shape index (κ3) is 38.4. The molecule has 5 heteroatoms. The van der Waals surface area contributed by atoms with Gasteiger partial charge in [0.2, 0.25) is 5.91 Å². The van der Waals surface area contributed by atoms with Gasteiger partial charge in [0.15, 0.2) is 0 Å². The number of allylic oxidation sites excluding steroid dienone is 4. The molecule has 0 aliphatic carbocycles. The summed E-state index contributed by atoms with van der Waals surface area (Å²) in [6.07, 6.45) is 50.0. The topological polar surface area (TPSA) is 89.8 Å². The van der Waals surface area contributed by atoms with Gasteiger partial charge >= 0.3 is 0 Å². The standard InChI is InChI=1S/C46H89NO4/c1-3-5-7-9-11-13-15-17-18-19-20-21-22-23-24-25-26-28-29-31-33-35-37-39-43(49)41-46(51)47-44(42-48)45(50)40-38-36-34-32-30-27-16-14-12-10-8-6-4-2/h20-21,23-24,43-45,48-50H,3-19,22,25-42H2,1-2H3,(H,47,51)/b21-20-,24-23-. The first-order valence-corrected chi connectivity index (χ1v) is 22.6. The molecule has 0 aromatic heterocycles. The Labute approximate surface area is 318 Å². The first-order chi connectivity index (χ1) is 25.0. The molecule has 5 nitrogen and oxygen atoms in total. The average Bonchev–Trinajstić information content (AvgIpc) is 3.12. The molecule has 1 amide bonds. The molecule has 0 rings (SSSR count). The van der Waals surface area contributed by atoms with Gasteiger partial charge in [0.25, 0.3) is 0 Å². The van der Waals surface area contributed by atoms with E-state index in [4.69, 9.17) is 0 Å². The predicted octanol–water partition coefficient (Wildman–Crippen LogP) is 13.0. The lowest BCUT2D eigenvalue weighted by molar-refractivity contribution is -0.125. The van der Waals surface area contributed by atoms with Gasteiger partial charge in [0.05, 0.1) is 31.3 Å². The van der Waals surface area contributed by atoms with E-state index in [9.17, 15) is 20.1 Å². The summed E-state index contributed by atoms with van der Waals surface area (Å²) in [7, 11) is 0. The number of carbonyl (C=O) groups is 1. The molecule has 0 aromatic rings. The highest BCUT2D eigenvalue weighted by atomic mass is 16.3. The van der Waals surface area contributed by atoms with Crippen LogP contribution in [0.1, 0.15) is 239 Å². The Kier molecular flexibility index (Phi) is 40.6. The van der Waals surface area contributed by atoms with Crippen molar-refractivity contribution in [3.63, 3.8) is 0 Å². The number of aliphatic hydroxyl groups is 3. The highest BCUT2D eigenvalue weighted by Gasteiger charge is 2.21. The van der Waals surface area contributed by atoms with Gasteiger partial charge < -0.3 is 20.6 Å². The zero-order chi connectivity index (χ0) is 37.3. The number of aliphatic hydroxyl groups excluding tert-OH is 3. The number of amides is 1. The third-order valence-corrected chi connectivity index (χ3v) is 10.5. The van der Waals surface area contributed by atoms with Crippen LogP contribution < -0.4 is 5.32 Å². The van der Waals surface area contributed by atoms with Crippen molar-refractivity contribution in [2.24, 2.45) is 0 Å². The zero-order valence-corrected chi connectivity index (χ0v) is 34.2. The molecule has 0 aliphatic heterocycles. The summed E-state index contributed by atoms with van der Waals surface area (Å²) in [6.45, 7) is 4.26. The van der Waals surface area contributed by atoms with Crippen LogP contribution in [0.15, 0.2) is 24.3 Å². The molecule has 0 bridgehead atoms. The molecule has 4 N–H and O–H groups in total. The second-order valence-electron chi connectivity index (χ2n) is 15.7. The van der Waals surface area contributed by atoms with E-state index in [0.717, 1.165) is 32.1 Å². The Morgan fingerprint density at radius 2 is 0.843 bits per heavy atom. The summed E-state index contributed by atoms with van der Waals surface area (Å²) in [6, 6.07) is -0.659. The minimum Gasteiger partial charge on any atom is -0.394 e. The van der Waals surface area contributed by atoms with Crippen molar-refractivity contribution in [3.05, 3.63) is 24.3 Å². The van der Waals surface area contributed by atoms with Gasteiger partial charge in [0.1, 0.15) is 0 Å². The van der Waals surface area contributed by atoms with Crippen LogP contribution in [0, 0.1) is 0 Å². The van der Waals surface area contributed by atoms with Gasteiger partial charge in [-0.3, -0.25) is 4.79 Å². The summed E-state index contributed by atoms with van der Waals surface area (Å²) in [4.78, 5) is 12.4. The lowest BCUT2D eigenvalue weighted by Gasteiger charge is -2.23. The van der Waals surface area contributed by atoms with Crippen LogP contribution in [0.2, 0.25) is 0 Å². The second-order valence-corrected chi connectivity index (χ2v) is 15.7. The van der Waals surface area contributed by atoms with E-state index in [1.807, 2.05) is 0 Å². The largest absolute Gasteiger partial charge is 0.394 e. The molecular formula is C46H89NO4. The fourth-order valence-corrected chi connectivity index (χ4v) is 7.02. The maximum atomic E-state index is 12.4. The maximum absolute atomic E-state index is 12.4. The average molecular weight is 720 g/mol. The highest BCUT2D eigenvalue weighted by Crippen LogP contribution is 2.16. The Bertz CT molecular complexity index is 754. The van der Waals surface area contributed by atoms with E-state index >= 15 is 0 Å². The van der Waals surface area contributed by atoms with Crippen molar-refractivity contribution in [2.75, 3.05) is 6.61 Å². The first-order valence-electron chi connectivity index (χ1n) is 22.6. The normalized spacial score (nSPS) is 13.7. The summed E-state index contributed by atoms with van der Waals surface area (Å²) < 4.78 is 0. The van der Waals surface area contributed by atoms with Gasteiger partial charge in [-0.05, 0) is 44.9 Å². The van der Waals surface area contributed by atoms with Gasteiger partial charge in [-0.15, -0.1) is 0 Å². The minimum atomic E-state index is -0.749. The van der Waals surface area contributed by atoms with Crippen LogP contribution in [0.3, 0.4) is 0 Å². The van der Waals surface area contributed by atoms with E-state index in [1.165, 1.54) is 173 Å². The van der Waals surface area contributed by atoms with Crippen LogP contribution in [-0.2, 0) is 4.79 Å². The molecular weight excluding hydrogens is 631 g/mol. The fourth-order valence-electron chi connectivity index (χ4n) is 7.02. The zero-order valence-electron chi connectivity index (χ0n) is 34.2. The van der Waals surface area contributed by atoms with Gasteiger partial charge in [-0.2, -0.15) is 0 Å². The summed E-state index contributed by atoms with van der Waals surface area (Å²) in [5.74, 6) is -0.287. The van der Waals surface area contributed by atoms with E-state index in [-0.39, 0.29) is 18.9 Å². The Hall–Kier alpha value is -1.17. The van der Waals surface area contributed by atoms with E-state index in [1.54, 1.807) is 0 Å². The Balaban J connectivity index is 3.61. The smallest absolute Gasteiger partial charge is 0.222 e. The summed E-state index contributed by atoms with van der Waals surface area (Å²) in [5.41, 5.74) is 0. The molecule has 0 spiro atoms. The van der Waals surface area contributed by atoms with Gasteiger partial charge in [-0.1, -0.05) is 212 Å². The summed E-state index contributed by atoms with van der Waals surface area (Å²) in [5, 5.41) is 33.4. The number of carbonyl (C=O) groups excluding carboxylic acids is 1. The quantitative estimate of drug-likeness (QED) is 0.0374. The number of hydrogen-bond donors (Lipinski definition) is 4. The number of rotatable bonds is 41. The summed E-state index contributed by atoms with van der Waals surface area (Å²) >= 11 is 0. The fraction of sp³-hybridized carbons (Fsp3) is 0.891. The molecule has 3 unspecified atom stereocenters. The minimum absolute atomic E-state index is 0.0323. The van der Waals surface area contributed by atoms with E-state index < -0.39 is 18.2 Å². The highest BCUT2D eigenvalue weighted by molar-refractivity contribution is 5.76. The van der Waals surface area contributed by atoms with Crippen molar-refractivity contribution in [2.45, 2.75) is 257 Å². The van der Waals surface area contributed by atoms with Gasteiger partial charge in [-0.25, -0.2) is 0 Å². The van der Waals surface area contributed by atoms with Crippen molar-refractivity contribution >= 4 is 5.91 Å². The number of nitrogens with one attached hydrogen (secondary N) is 1. The third-order valence-electron chi connectivity index (χ3n) is 10.5. The van der Waals surface area contributed by atoms with Crippen LogP contribution in [-0.4, -0.2) is 46.1 Å². The van der Waals surface area contributed by atoms with Crippen molar-refractivity contribution in [1.82, 2.24) is 5.32 Å². The molecule has 0 saturated heterocycles.